The van der Waals surface area contributed by atoms with Crippen molar-refractivity contribution in [1.29, 1.82) is 0 Å². The van der Waals surface area contributed by atoms with Crippen LogP contribution in [0.25, 0.3) is 10.9 Å². The van der Waals surface area contributed by atoms with Crippen molar-refractivity contribution in [3.8, 4) is 0 Å². The Morgan fingerprint density at radius 3 is 2.56 bits per heavy atom. The molecule has 0 bridgehead atoms. The Balaban J connectivity index is 1.62. The second-order valence-electron chi connectivity index (χ2n) is 6.68. The van der Waals surface area contributed by atoms with Crippen molar-refractivity contribution >= 4 is 34.3 Å². The van der Waals surface area contributed by atoms with Gasteiger partial charge in [0.1, 0.15) is 0 Å². The number of aryl methyl sites for hydroxylation is 3. The summed E-state index contributed by atoms with van der Waals surface area (Å²) in [6.07, 6.45) is 0.979. The molecule has 0 aliphatic heterocycles. The largest absolute Gasteiger partial charge is 0.357 e. The number of aromatic nitrogens is 1. The summed E-state index contributed by atoms with van der Waals surface area (Å²) in [5.74, 6) is 0.878. The summed E-state index contributed by atoms with van der Waals surface area (Å²) in [5.41, 5.74) is 6.03. The van der Waals surface area contributed by atoms with Gasteiger partial charge in [-0.25, -0.2) is 0 Å². The number of hydrogen-bond donors (Lipinski definition) is 2. The zero-order valence-electron chi connectivity index (χ0n) is 15.9. The van der Waals surface area contributed by atoms with E-state index in [0.29, 0.717) is 16.9 Å². The zero-order chi connectivity index (χ0) is 19.4. The Hall–Kier alpha value is -2.53. The van der Waals surface area contributed by atoms with Crippen LogP contribution in [0.2, 0.25) is 0 Å². The van der Waals surface area contributed by atoms with Gasteiger partial charge in [0.05, 0.1) is 11.3 Å². The molecule has 140 valence electrons. The maximum Gasteiger partial charge on any atom is 0.234 e. The lowest BCUT2D eigenvalue weighted by Gasteiger charge is -2.09. The van der Waals surface area contributed by atoms with Crippen molar-refractivity contribution in [2.24, 2.45) is 0 Å². The fraction of sp³-hybridized carbons (Fsp3) is 0.273. The number of fused-ring (bicyclic) bond motifs is 1. The molecule has 3 rings (SSSR count). The van der Waals surface area contributed by atoms with Gasteiger partial charge < -0.3 is 10.3 Å². The predicted octanol–water partition coefficient (Wildman–Crippen LogP) is 4.58. The highest BCUT2D eigenvalue weighted by atomic mass is 32.2. The number of carbonyl (C=O) groups excluding carboxylic acids is 1. The molecule has 0 aliphatic rings. The lowest BCUT2D eigenvalue weighted by molar-refractivity contribution is -0.113. The van der Waals surface area contributed by atoms with Gasteiger partial charge in [-0.05, 0) is 55.2 Å². The van der Waals surface area contributed by atoms with Crippen LogP contribution in [-0.4, -0.2) is 16.6 Å². The van der Waals surface area contributed by atoms with Crippen LogP contribution in [-0.2, 0) is 17.0 Å². The summed E-state index contributed by atoms with van der Waals surface area (Å²) in [4.78, 5) is 27.8. The van der Waals surface area contributed by atoms with Crippen LogP contribution in [0.3, 0.4) is 0 Å². The van der Waals surface area contributed by atoms with Crippen molar-refractivity contribution in [3.63, 3.8) is 0 Å². The van der Waals surface area contributed by atoms with Crippen molar-refractivity contribution < 1.29 is 4.79 Å². The first-order chi connectivity index (χ1) is 13.0. The van der Waals surface area contributed by atoms with E-state index in [0.717, 1.165) is 34.4 Å². The molecule has 0 atom stereocenters. The van der Waals surface area contributed by atoms with E-state index >= 15 is 0 Å². The molecule has 4 nitrogen and oxygen atoms in total. The van der Waals surface area contributed by atoms with Gasteiger partial charge in [0.25, 0.3) is 0 Å². The Kier molecular flexibility index (Phi) is 6.01. The van der Waals surface area contributed by atoms with Gasteiger partial charge in [-0.2, -0.15) is 0 Å². The standard InChI is InChI=1S/C22H24N2O2S/c1-4-16-6-8-17(9-7-16)23-21(26)13-27-12-18-11-20(25)19-10-5-14(2)15(3)22(19)24-18/h5-11H,4,12-13H2,1-3H3,(H,23,26)(H,24,25). The normalized spacial score (nSPS) is 10.9. The molecule has 0 radical (unpaired) electrons. The third-order valence-corrected chi connectivity index (χ3v) is 5.71. The van der Waals surface area contributed by atoms with E-state index in [1.54, 1.807) is 6.07 Å². The molecule has 1 aromatic heterocycles. The number of carbonyl (C=O) groups is 1. The molecule has 0 fully saturated rings. The Morgan fingerprint density at radius 2 is 1.85 bits per heavy atom. The van der Waals surface area contributed by atoms with Gasteiger partial charge in [0.15, 0.2) is 5.43 Å². The number of hydrogen-bond acceptors (Lipinski definition) is 3. The molecule has 0 spiro atoms. The van der Waals surface area contributed by atoms with Crippen LogP contribution in [0, 0.1) is 13.8 Å². The first kappa shape index (κ1) is 19.2. The van der Waals surface area contributed by atoms with Gasteiger partial charge in [0.2, 0.25) is 5.91 Å². The molecule has 27 heavy (non-hydrogen) atoms. The zero-order valence-corrected chi connectivity index (χ0v) is 16.7. The van der Waals surface area contributed by atoms with E-state index in [1.807, 2.05) is 50.2 Å². The lowest BCUT2D eigenvalue weighted by Crippen LogP contribution is -2.14. The SMILES string of the molecule is CCc1ccc(NC(=O)CSCc2cc(=O)c3ccc(C)c(C)c3[nH]2)cc1. The molecule has 0 unspecified atom stereocenters. The highest BCUT2D eigenvalue weighted by Crippen LogP contribution is 2.19. The third-order valence-electron chi connectivity index (χ3n) is 4.73. The van der Waals surface area contributed by atoms with Crippen LogP contribution >= 0.6 is 11.8 Å². The second-order valence-corrected chi connectivity index (χ2v) is 7.67. The Labute approximate surface area is 163 Å². The van der Waals surface area contributed by atoms with E-state index in [9.17, 15) is 9.59 Å². The summed E-state index contributed by atoms with van der Waals surface area (Å²) < 4.78 is 0. The van der Waals surface area contributed by atoms with Crippen LogP contribution in [0.5, 0.6) is 0 Å². The summed E-state index contributed by atoms with van der Waals surface area (Å²) in [6.45, 7) is 6.15. The molecule has 5 heteroatoms. The van der Waals surface area contributed by atoms with E-state index in [1.165, 1.54) is 17.3 Å². The molecule has 1 amide bonds. The molecular weight excluding hydrogens is 356 g/mol. The van der Waals surface area contributed by atoms with E-state index in [2.05, 4.69) is 17.2 Å². The minimum absolute atomic E-state index is 0.0166. The van der Waals surface area contributed by atoms with E-state index in [4.69, 9.17) is 0 Å². The first-order valence-corrected chi connectivity index (χ1v) is 10.2. The topological polar surface area (TPSA) is 62.0 Å². The van der Waals surface area contributed by atoms with Gasteiger partial charge in [-0.15, -0.1) is 11.8 Å². The van der Waals surface area contributed by atoms with E-state index in [-0.39, 0.29) is 11.3 Å². The van der Waals surface area contributed by atoms with Gasteiger partial charge >= 0.3 is 0 Å². The van der Waals surface area contributed by atoms with Crippen molar-refractivity contribution in [1.82, 2.24) is 4.98 Å². The molecule has 3 aromatic rings. The fourth-order valence-corrected chi connectivity index (χ4v) is 3.70. The quantitative estimate of drug-likeness (QED) is 0.658. The number of H-pyrrole nitrogens is 1. The second kappa shape index (κ2) is 8.44. The molecular formula is C22H24N2O2S. The average Bonchev–Trinajstić information content (AvgIpc) is 2.65. The first-order valence-electron chi connectivity index (χ1n) is 9.06. The van der Waals surface area contributed by atoms with Gasteiger partial charge in [0, 0.05) is 28.6 Å². The number of amides is 1. The molecule has 0 saturated heterocycles. The summed E-state index contributed by atoms with van der Waals surface area (Å²) in [6, 6.07) is 13.4. The van der Waals surface area contributed by atoms with Crippen LogP contribution in [0.15, 0.2) is 47.3 Å². The van der Waals surface area contributed by atoms with Crippen LogP contribution < -0.4 is 10.7 Å². The number of benzene rings is 2. The fourth-order valence-electron chi connectivity index (χ4n) is 2.97. The number of aromatic amines is 1. The number of rotatable bonds is 6. The minimum Gasteiger partial charge on any atom is -0.357 e. The third kappa shape index (κ3) is 4.61. The smallest absolute Gasteiger partial charge is 0.234 e. The van der Waals surface area contributed by atoms with Gasteiger partial charge in [-0.3, -0.25) is 9.59 Å². The Morgan fingerprint density at radius 1 is 1.11 bits per heavy atom. The lowest BCUT2D eigenvalue weighted by atomic mass is 10.0. The molecule has 1 heterocycles. The maximum absolute atomic E-state index is 12.3. The molecule has 2 aromatic carbocycles. The number of pyridine rings is 1. The summed E-state index contributed by atoms with van der Waals surface area (Å²) in [5, 5.41) is 3.61. The monoisotopic (exact) mass is 380 g/mol. The van der Waals surface area contributed by atoms with Gasteiger partial charge in [-0.1, -0.05) is 25.1 Å². The van der Waals surface area contributed by atoms with Crippen LogP contribution in [0.4, 0.5) is 5.69 Å². The summed E-state index contributed by atoms with van der Waals surface area (Å²) in [7, 11) is 0. The highest BCUT2D eigenvalue weighted by molar-refractivity contribution is 7.99. The Bertz CT molecular complexity index is 1020. The highest BCUT2D eigenvalue weighted by Gasteiger charge is 2.08. The molecule has 0 aliphatic carbocycles. The number of thioether (sulfide) groups is 1. The number of anilines is 1. The number of nitrogens with one attached hydrogen (secondary N) is 2. The molecule has 0 saturated carbocycles. The van der Waals surface area contributed by atoms with Crippen molar-refractivity contribution in [2.45, 2.75) is 32.9 Å². The summed E-state index contributed by atoms with van der Waals surface area (Å²) >= 11 is 1.49. The van der Waals surface area contributed by atoms with Crippen molar-refractivity contribution in [2.75, 3.05) is 11.1 Å². The average molecular weight is 381 g/mol. The van der Waals surface area contributed by atoms with Crippen molar-refractivity contribution in [3.05, 3.63) is 75.1 Å². The molecule has 2 N–H and O–H groups in total. The maximum atomic E-state index is 12.3. The van der Waals surface area contributed by atoms with Crippen LogP contribution in [0.1, 0.15) is 29.3 Å². The van der Waals surface area contributed by atoms with E-state index < -0.39 is 0 Å². The predicted molar refractivity (Wildman–Crippen MR) is 115 cm³/mol. The minimum atomic E-state index is -0.0422.